The summed E-state index contributed by atoms with van der Waals surface area (Å²) in [4.78, 5) is 0. The molecule has 3 N–H and O–H groups in total. The predicted octanol–water partition coefficient (Wildman–Crippen LogP) is 3.45. The van der Waals surface area contributed by atoms with Gasteiger partial charge in [-0.15, -0.1) is 0 Å². The normalized spacial score (nSPS) is 11.8. The van der Waals surface area contributed by atoms with Gasteiger partial charge in [-0.3, -0.25) is 0 Å². The van der Waals surface area contributed by atoms with E-state index in [-0.39, 0.29) is 10.0 Å². The van der Waals surface area contributed by atoms with Crippen LogP contribution in [0.1, 0.15) is 24.0 Å². The van der Waals surface area contributed by atoms with Crippen LogP contribution in [0, 0.1) is 0 Å². The zero-order valence-corrected chi connectivity index (χ0v) is 10.6. The van der Waals surface area contributed by atoms with Crippen molar-refractivity contribution in [2.24, 2.45) is 5.73 Å². The van der Waals surface area contributed by atoms with E-state index in [1.165, 1.54) is 6.07 Å². The average molecular weight is 312 g/mol. The maximum atomic E-state index is 12.7. The van der Waals surface area contributed by atoms with Gasteiger partial charge in [-0.2, -0.15) is 13.2 Å². The fourth-order valence-corrected chi connectivity index (χ4v) is 1.92. The number of unbranched alkanes of at least 4 members (excludes halogenated alkanes) is 1. The molecule has 0 spiro atoms. The van der Waals surface area contributed by atoms with E-state index in [1.54, 1.807) is 0 Å². The first-order valence-electron chi connectivity index (χ1n) is 5.15. The van der Waals surface area contributed by atoms with Crippen molar-refractivity contribution < 1.29 is 18.3 Å². The topological polar surface area (TPSA) is 46.2 Å². The van der Waals surface area contributed by atoms with Crippen LogP contribution in [0.5, 0.6) is 5.75 Å². The van der Waals surface area contributed by atoms with Crippen LogP contribution < -0.4 is 5.73 Å². The van der Waals surface area contributed by atoms with Crippen LogP contribution in [0.4, 0.5) is 13.2 Å². The highest BCUT2D eigenvalue weighted by atomic mass is 79.9. The fraction of sp³-hybridized carbons (Fsp3) is 0.455. The number of phenols is 1. The molecule has 0 aliphatic heterocycles. The molecule has 1 aromatic carbocycles. The number of hydrogen-bond donors (Lipinski definition) is 2. The van der Waals surface area contributed by atoms with Gasteiger partial charge in [-0.25, -0.2) is 0 Å². The van der Waals surface area contributed by atoms with Gasteiger partial charge in [-0.05, 0) is 59.4 Å². The Hall–Kier alpha value is -0.750. The molecule has 0 saturated carbocycles. The van der Waals surface area contributed by atoms with E-state index in [9.17, 15) is 18.3 Å². The minimum Gasteiger partial charge on any atom is -0.507 e. The standard InChI is InChI=1S/C11H13BrF3NO/c12-9-5-7(3-1-2-4-16)8(6-10(9)17)11(13,14)15/h5-6,17H,1-4,16H2. The second kappa shape index (κ2) is 5.73. The third-order valence-electron chi connectivity index (χ3n) is 2.38. The summed E-state index contributed by atoms with van der Waals surface area (Å²) in [5.41, 5.74) is 4.69. The van der Waals surface area contributed by atoms with E-state index in [4.69, 9.17) is 5.73 Å². The number of halogens is 4. The van der Waals surface area contributed by atoms with Crippen molar-refractivity contribution >= 4 is 15.9 Å². The minimum absolute atomic E-state index is 0.177. The highest BCUT2D eigenvalue weighted by Crippen LogP contribution is 2.38. The molecule has 0 aliphatic rings. The number of phenolic OH excluding ortho intramolecular Hbond substituents is 1. The number of alkyl halides is 3. The predicted molar refractivity (Wildman–Crippen MR) is 62.8 cm³/mol. The molecule has 2 nitrogen and oxygen atoms in total. The van der Waals surface area contributed by atoms with Gasteiger partial charge in [0.05, 0.1) is 10.0 Å². The Morgan fingerprint density at radius 2 is 1.88 bits per heavy atom. The first-order chi connectivity index (χ1) is 7.86. The Morgan fingerprint density at radius 1 is 1.24 bits per heavy atom. The summed E-state index contributed by atoms with van der Waals surface area (Å²) in [7, 11) is 0. The van der Waals surface area contributed by atoms with Crippen LogP contribution in [-0.2, 0) is 12.6 Å². The van der Waals surface area contributed by atoms with Crippen molar-refractivity contribution in [1.82, 2.24) is 0 Å². The quantitative estimate of drug-likeness (QED) is 0.837. The summed E-state index contributed by atoms with van der Waals surface area (Å²) in [6, 6.07) is 2.07. The minimum atomic E-state index is -4.45. The van der Waals surface area contributed by atoms with Crippen molar-refractivity contribution in [2.45, 2.75) is 25.4 Å². The molecule has 96 valence electrons. The van der Waals surface area contributed by atoms with Crippen LogP contribution >= 0.6 is 15.9 Å². The molecule has 0 heterocycles. The Bertz CT molecular complexity index is 393. The average Bonchev–Trinajstić information content (AvgIpc) is 2.21. The van der Waals surface area contributed by atoms with Gasteiger partial charge < -0.3 is 10.8 Å². The zero-order chi connectivity index (χ0) is 13.1. The molecule has 0 aliphatic carbocycles. The Kier molecular flexibility index (Phi) is 4.82. The fourth-order valence-electron chi connectivity index (χ4n) is 1.53. The van der Waals surface area contributed by atoms with E-state index in [2.05, 4.69) is 15.9 Å². The lowest BCUT2D eigenvalue weighted by atomic mass is 10.0. The van der Waals surface area contributed by atoms with Crippen LogP contribution in [0.15, 0.2) is 16.6 Å². The lowest BCUT2D eigenvalue weighted by Gasteiger charge is -2.14. The number of aryl methyl sites for hydroxylation is 1. The van der Waals surface area contributed by atoms with E-state index < -0.39 is 17.5 Å². The van der Waals surface area contributed by atoms with E-state index >= 15 is 0 Å². The summed E-state index contributed by atoms with van der Waals surface area (Å²) >= 11 is 3.01. The molecule has 0 aromatic heterocycles. The maximum absolute atomic E-state index is 12.7. The Labute approximate surface area is 106 Å². The molecule has 1 aromatic rings. The van der Waals surface area contributed by atoms with Crippen LogP contribution in [0.2, 0.25) is 0 Å². The molecular weight excluding hydrogens is 299 g/mol. The summed E-state index contributed by atoms with van der Waals surface area (Å²) in [5.74, 6) is -0.403. The number of hydrogen-bond acceptors (Lipinski definition) is 2. The number of aromatic hydroxyl groups is 1. The smallest absolute Gasteiger partial charge is 0.416 e. The molecule has 0 unspecified atom stereocenters. The molecule has 1 rings (SSSR count). The zero-order valence-electron chi connectivity index (χ0n) is 9.02. The molecule has 0 bridgehead atoms. The summed E-state index contributed by atoms with van der Waals surface area (Å²) in [6.45, 7) is 0.459. The van der Waals surface area contributed by atoms with Crippen LogP contribution in [-0.4, -0.2) is 11.7 Å². The second-order valence-corrected chi connectivity index (χ2v) is 4.56. The monoisotopic (exact) mass is 311 g/mol. The first kappa shape index (κ1) is 14.3. The highest BCUT2D eigenvalue weighted by molar-refractivity contribution is 9.10. The second-order valence-electron chi connectivity index (χ2n) is 3.70. The van der Waals surface area contributed by atoms with Crippen molar-refractivity contribution in [1.29, 1.82) is 0 Å². The third kappa shape index (κ3) is 3.89. The van der Waals surface area contributed by atoms with Gasteiger partial charge in [-0.1, -0.05) is 0 Å². The van der Waals surface area contributed by atoms with Gasteiger partial charge in [0, 0.05) is 0 Å². The molecule has 6 heteroatoms. The lowest BCUT2D eigenvalue weighted by Crippen LogP contribution is -2.10. The molecule has 0 radical (unpaired) electrons. The summed E-state index contributed by atoms with van der Waals surface area (Å²) in [6.07, 6.45) is -2.88. The van der Waals surface area contributed by atoms with Gasteiger partial charge in [0.2, 0.25) is 0 Å². The Balaban J connectivity index is 3.04. The van der Waals surface area contributed by atoms with Crippen molar-refractivity contribution in [3.8, 4) is 5.75 Å². The summed E-state index contributed by atoms with van der Waals surface area (Å²) < 4.78 is 38.4. The molecule has 0 atom stereocenters. The van der Waals surface area contributed by atoms with E-state index in [1.807, 2.05) is 0 Å². The molecule has 17 heavy (non-hydrogen) atoms. The lowest BCUT2D eigenvalue weighted by molar-refractivity contribution is -0.138. The highest BCUT2D eigenvalue weighted by Gasteiger charge is 2.33. The van der Waals surface area contributed by atoms with Crippen molar-refractivity contribution in [3.05, 3.63) is 27.7 Å². The van der Waals surface area contributed by atoms with Crippen molar-refractivity contribution in [2.75, 3.05) is 6.54 Å². The first-order valence-corrected chi connectivity index (χ1v) is 5.94. The van der Waals surface area contributed by atoms with E-state index in [0.29, 0.717) is 25.8 Å². The molecular formula is C11H13BrF3NO. The molecule has 0 saturated heterocycles. The van der Waals surface area contributed by atoms with Gasteiger partial charge in [0.25, 0.3) is 0 Å². The van der Waals surface area contributed by atoms with Gasteiger partial charge >= 0.3 is 6.18 Å². The van der Waals surface area contributed by atoms with Gasteiger partial charge in [0.15, 0.2) is 0 Å². The molecule has 0 fully saturated rings. The summed E-state index contributed by atoms with van der Waals surface area (Å²) in [5, 5.41) is 9.29. The Morgan fingerprint density at radius 3 is 2.41 bits per heavy atom. The number of rotatable bonds is 4. The van der Waals surface area contributed by atoms with Crippen molar-refractivity contribution in [3.63, 3.8) is 0 Å². The van der Waals surface area contributed by atoms with Gasteiger partial charge in [0.1, 0.15) is 5.75 Å². The third-order valence-corrected chi connectivity index (χ3v) is 3.01. The maximum Gasteiger partial charge on any atom is 0.416 e. The van der Waals surface area contributed by atoms with E-state index in [0.717, 1.165) is 6.07 Å². The number of nitrogens with two attached hydrogens (primary N) is 1. The largest absolute Gasteiger partial charge is 0.507 e. The number of benzene rings is 1. The SMILES string of the molecule is NCCCCc1cc(Br)c(O)cc1C(F)(F)F. The van der Waals surface area contributed by atoms with Crippen LogP contribution in [0.25, 0.3) is 0 Å². The molecule has 0 amide bonds. The van der Waals surface area contributed by atoms with Crippen LogP contribution in [0.3, 0.4) is 0 Å².